The number of pyridine rings is 1. The Kier molecular flexibility index (Phi) is 3.62. The summed E-state index contributed by atoms with van der Waals surface area (Å²) in [5.41, 5.74) is 2.11. The van der Waals surface area contributed by atoms with E-state index in [-0.39, 0.29) is 6.10 Å². The van der Waals surface area contributed by atoms with Crippen LogP contribution in [-0.2, 0) is 4.74 Å². The Balaban J connectivity index is 2.07. The van der Waals surface area contributed by atoms with Crippen molar-refractivity contribution >= 4 is 10.9 Å². The van der Waals surface area contributed by atoms with Gasteiger partial charge in [-0.3, -0.25) is 4.98 Å². The van der Waals surface area contributed by atoms with Gasteiger partial charge in [-0.1, -0.05) is 12.1 Å². The molecule has 19 heavy (non-hydrogen) atoms. The lowest BCUT2D eigenvalue weighted by atomic mass is 10.0. The minimum absolute atomic E-state index is 0.132. The summed E-state index contributed by atoms with van der Waals surface area (Å²) in [6.45, 7) is 2.65. The van der Waals surface area contributed by atoms with E-state index < -0.39 is 0 Å². The number of hydrogen-bond acceptors (Lipinski definition) is 4. The molecule has 100 valence electrons. The Labute approximate surface area is 112 Å². The van der Waals surface area contributed by atoms with Crippen LogP contribution in [-0.4, -0.2) is 31.8 Å². The molecule has 1 N–H and O–H groups in total. The maximum atomic E-state index is 5.94. The molecule has 0 radical (unpaired) electrons. The van der Waals surface area contributed by atoms with E-state index in [9.17, 15) is 0 Å². The summed E-state index contributed by atoms with van der Waals surface area (Å²) in [7, 11) is 1.68. The highest BCUT2D eigenvalue weighted by Gasteiger charge is 2.18. The van der Waals surface area contributed by atoms with Gasteiger partial charge in [-0.05, 0) is 30.7 Å². The monoisotopic (exact) mass is 258 g/mol. The summed E-state index contributed by atoms with van der Waals surface area (Å²) >= 11 is 0. The Morgan fingerprint density at radius 3 is 3.16 bits per heavy atom. The summed E-state index contributed by atoms with van der Waals surface area (Å²) in [6.07, 6.45) is 2.95. The fraction of sp³-hybridized carbons (Fsp3) is 0.400. The predicted octanol–water partition coefficient (Wildman–Crippen LogP) is 2.29. The number of hydrogen-bond donors (Lipinski definition) is 1. The summed E-state index contributed by atoms with van der Waals surface area (Å²) in [4.78, 5) is 4.43. The Hall–Kier alpha value is -1.65. The van der Waals surface area contributed by atoms with E-state index in [0.29, 0.717) is 0 Å². The average molecular weight is 258 g/mol. The van der Waals surface area contributed by atoms with Gasteiger partial charge in [0, 0.05) is 18.1 Å². The van der Waals surface area contributed by atoms with E-state index in [4.69, 9.17) is 9.47 Å². The molecule has 0 amide bonds. The van der Waals surface area contributed by atoms with E-state index in [2.05, 4.69) is 22.4 Å². The molecule has 0 bridgehead atoms. The average Bonchev–Trinajstić information content (AvgIpc) is 2.75. The first-order valence-electron chi connectivity index (χ1n) is 6.64. The van der Waals surface area contributed by atoms with Crippen molar-refractivity contribution in [1.29, 1.82) is 0 Å². The standard InChI is InChI=1S/C15H18N2O2/c1-18-14-4-2-3-12-11(5-8-17-15(12)14)13-6-7-16-9-10-19-13/h2-5,8,13,16H,6-7,9-10H2,1H3. The Bertz CT molecular complexity index is 563. The van der Waals surface area contributed by atoms with Gasteiger partial charge in [-0.15, -0.1) is 0 Å². The fourth-order valence-corrected chi connectivity index (χ4v) is 2.58. The molecule has 1 aliphatic heterocycles. The lowest BCUT2D eigenvalue weighted by Gasteiger charge is -2.17. The van der Waals surface area contributed by atoms with Gasteiger partial charge in [0.05, 0.1) is 19.8 Å². The molecule has 4 heteroatoms. The van der Waals surface area contributed by atoms with Crippen molar-refractivity contribution in [2.24, 2.45) is 0 Å². The quantitative estimate of drug-likeness (QED) is 0.897. The number of ether oxygens (including phenoxy) is 2. The number of para-hydroxylation sites is 1. The molecule has 3 rings (SSSR count). The molecule has 0 aliphatic carbocycles. The van der Waals surface area contributed by atoms with Gasteiger partial charge in [-0.25, -0.2) is 0 Å². The molecule has 2 aromatic rings. The zero-order valence-corrected chi connectivity index (χ0v) is 11.1. The lowest BCUT2D eigenvalue weighted by Crippen LogP contribution is -2.16. The first kappa shape index (κ1) is 12.4. The third-order valence-electron chi connectivity index (χ3n) is 3.52. The van der Waals surface area contributed by atoms with Crippen LogP contribution in [0.25, 0.3) is 10.9 Å². The van der Waals surface area contributed by atoms with Crippen molar-refractivity contribution in [2.75, 3.05) is 26.8 Å². The Morgan fingerprint density at radius 1 is 1.32 bits per heavy atom. The first-order chi connectivity index (χ1) is 9.40. The summed E-state index contributed by atoms with van der Waals surface area (Å²) in [5, 5.41) is 4.47. The second-order valence-electron chi connectivity index (χ2n) is 4.65. The maximum Gasteiger partial charge on any atom is 0.145 e. The van der Waals surface area contributed by atoms with Crippen molar-refractivity contribution in [3.05, 3.63) is 36.0 Å². The normalized spacial score (nSPS) is 20.2. The molecule has 0 saturated carbocycles. The molecule has 1 atom stereocenters. The molecular weight excluding hydrogens is 240 g/mol. The number of rotatable bonds is 2. The number of nitrogens with zero attached hydrogens (tertiary/aromatic N) is 1. The summed E-state index contributed by atoms with van der Waals surface area (Å²) in [6, 6.07) is 8.08. The highest BCUT2D eigenvalue weighted by molar-refractivity contribution is 5.87. The van der Waals surface area contributed by atoms with E-state index in [1.54, 1.807) is 7.11 Å². The third-order valence-corrected chi connectivity index (χ3v) is 3.52. The van der Waals surface area contributed by atoms with Crippen molar-refractivity contribution in [3.63, 3.8) is 0 Å². The van der Waals surface area contributed by atoms with Crippen LogP contribution in [0, 0.1) is 0 Å². The number of fused-ring (bicyclic) bond motifs is 1. The molecule has 1 aliphatic rings. The van der Waals surface area contributed by atoms with E-state index in [0.717, 1.165) is 42.8 Å². The number of nitrogens with one attached hydrogen (secondary N) is 1. The lowest BCUT2D eigenvalue weighted by molar-refractivity contribution is 0.0654. The molecule has 1 fully saturated rings. The molecule has 1 aromatic heterocycles. The van der Waals surface area contributed by atoms with Gasteiger partial charge in [0.15, 0.2) is 0 Å². The zero-order chi connectivity index (χ0) is 13.1. The predicted molar refractivity (Wildman–Crippen MR) is 74.5 cm³/mol. The summed E-state index contributed by atoms with van der Waals surface area (Å²) < 4.78 is 11.3. The van der Waals surface area contributed by atoms with Gasteiger partial charge >= 0.3 is 0 Å². The van der Waals surface area contributed by atoms with Crippen LogP contribution in [0.2, 0.25) is 0 Å². The Morgan fingerprint density at radius 2 is 2.26 bits per heavy atom. The van der Waals surface area contributed by atoms with Crippen LogP contribution in [0.3, 0.4) is 0 Å². The second kappa shape index (κ2) is 5.55. The van der Waals surface area contributed by atoms with Crippen LogP contribution in [0.5, 0.6) is 5.75 Å². The highest BCUT2D eigenvalue weighted by atomic mass is 16.5. The molecule has 1 saturated heterocycles. The smallest absolute Gasteiger partial charge is 0.145 e. The minimum atomic E-state index is 0.132. The highest BCUT2D eigenvalue weighted by Crippen LogP contribution is 2.32. The molecule has 2 heterocycles. The van der Waals surface area contributed by atoms with E-state index >= 15 is 0 Å². The molecular formula is C15H18N2O2. The number of methoxy groups -OCH3 is 1. The minimum Gasteiger partial charge on any atom is -0.494 e. The van der Waals surface area contributed by atoms with Gasteiger partial charge in [-0.2, -0.15) is 0 Å². The molecule has 0 spiro atoms. The SMILES string of the molecule is COc1cccc2c(C3CCNCCO3)ccnc12. The van der Waals surface area contributed by atoms with Crippen molar-refractivity contribution in [3.8, 4) is 5.75 Å². The summed E-state index contributed by atoms with van der Waals surface area (Å²) in [5.74, 6) is 0.811. The third kappa shape index (κ3) is 2.41. The molecule has 4 nitrogen and oxygen atoms in total. The van der Waals surface area contributed by atoms with Crippen LogP contribution in [0.15, 0.2) is 30.5 Å². The molecule has 1 aromatic carbocycles. The maximum absolute atomic E-state index is 5.94. The number of aromatic nitrogens is 1. The van der Waals surface area contributed by atoms with Gasteiger partial charge < -0.3 is 14.8 Å². The van der Waals surface area contributed by atoms with Crippen molar-refractivity contribution in [1.82, 2.24) is 10.3 Å². The molecule has 1 unspecified atom stereocenters. The van der Waals surface area contributed by atoms with Crippen molar-refractivity contribution in [2.45, 2.75) is 12.5 Å². The van der Waals surface area contributed by atoms with E-state index in [1.165, 1.54) is 5.56 Å². The van der Waals surface area contributed by atoms with Crippen LogP contribution in [0.4, 0.5) is 0 Å². The number of benzene rings is 1. The van der Waals surface area contributed by atoms with Crippen LogP contribution in [0.1, 0.15) is 18.1 Å². The zero-order valence-electron chi connectivity index (χ0n) is 11.1. The van der Waals surface area contributed by atoms with Crippen molar-refractivity contribution < 1.29 is 9.47 Å². The first-order valence-corrected chi connectivity index (χ1v) is 6.64. The fourth-order valence-electron chi connectivity index (χ4n) is 2.58. The van der Waals surface area contributed by atoms with Gasteiger partial charge in [0.2, 0.25) is 0 Å². The van der Waals surface area contributed by atoms with Crippen LogP contribution < -0.4 is 10.1 Å². The topological polar surface area (TPSA) is 43.4 Å². The van der Waals surface area contributed by atoms with Gasteiger partial charge in [0.1, 0.15) is 11.3 Å². The van der Waals surface area contributed by atoms with Gasteiger partial charge in [0.25, 0.3) is 0 Å². The second-order valence-corrected chi connectivity index (χ2v) is 4.65. The van der Waals surface area contributed by atoms with E-state index in [1.807, 2.05) is 18.3 Å². The van der Waals surface area contributed by atoms with Crippen LogP contribution >= 0.6 is 0 Å². The largest absolute Gasteiger partial charge is 0.494 e.